The summed E-state index contributed by atoms with van der Waals surface area (Å²) in [5.74, 6) is -0.290. The van der Waals surface area contributed by atoms with Crippen molar-refractivity contribution in [3.05, 3.63) is 71.3 Å². The van der Waals surface area contributed by atoms with E-state index >= 15 is 0 Å². The highest BCUT2D eigenvalue weighted by Gasteiger charge is 2.30. The first kappa shape index (κ1) is 12.7. The third kappa shape index (κ3) is 2.14. The SMILES string of the molecule is CC(C)=CC(=O)OC1c2ccccc2-c2ccccc21. The molecule has 2 aromatic rings. The number of benzene rings is 2. The molecule has 2 aromatic carbocycles. The topological polar surface area (TPSA) is 26.3 Å². The second-order valence-electron chi connectivity index (χ2n) is 5.21. The summed E-state index contributed by atoms with van der Waals surface area (Å²) in [7, 11) is 0. The van der Waals surface area contributed by atoms with Crippen LogP contribution in [0.4, 0.5) is 0 Å². The van der Waals surface area contributed by atoms with E-state index in [-0.39, 0.29) is 12.1 Å². The fourth-order valence-electron chi connectivity index (χ4n) is 2.62. The zero-order valence-corrected chi connectivity index (χ0v) is 11.6. The van der Waals surface area contributed by atoms with Gasteiger partial charge in [0.1, 0.15) is 0 Å². The summed E-state index contributed by atoms with van der Waals surface area (Å²) in [4.78, 5) is 11.9. The van der Waals surface area contributed by atoms with Crippen LogP contribution in [0.1, 0.15) is 31.1 Å². The monoisotopic (exact) mass is 264 g/mol. The number of esters is 1. The molecule has 3 rings (SSSR count). The van der Waals surface area contributed by atoms with Gasteiger partial charge in [-0.1, -0.05) is 54.1 Å². The van der Waals surface area contributed by atoms with Crippen LogP contribution in [-0.2, 0) is 9.53 Å². The first-order valence-electron chi connectivity index (χ1n) is 6.70. The molecule has 0 fully saturated rings. The number of allylic oxidation sites excluding steroid dienone is 1. The summed E-state index contributed by atoms with van der Waals surface area (Å²) in [6.45, 7) is 3.77. The van der Waals surface area contributed by atoms with Crippen LogP contribution in [0.25, 0.3) is 11.1 Å². The van der Waals surface area contributed by atoms with E-state index in [2.05, 4.69) is 12.1 Å². The van der Waals surface area contributed by atoms with Crippen molar-refractivity contribution in [3.8, 4) is 11.1 Å². The minimum absolute atomic E-state index is 0.290. The maximum atomic E-state index is 11.9. The Hall–Kier alpha value is -2.35. The van der Waals surface area contributed by atoms with Crippen molar-refractivity contribution in [1.29, 1.82) is 0 Å². The summed E-state index contributed by atoms with van der Waals surface area (Å²) >= 11 is 0. The third-order valence-corrected chi connectivity index (χ3v) is 3.42. The van der Waals surface area contributed by atoms with Crippen LogP contribution in [0, 0.1) is 0 Å². The van der Waals surface area contributed by atoms with Gasteiger partial charge in [-0.3, -0.25) is 0 Å². The van der Waals surface area contributed by atoms with E-state index in [4.69, 9.17) is 4.74 Å². The van der Waals surface area contributed by atoms with Crippen molar-refractivity contribution in [1.82, 2.24) is 0 Å². The Morgan fingerprint density at radius 3 is 1.95 bits per heavy atom. The molecule has 0 amide bonds. The average molecular weight is 264 g/mol. The van der Waals surface area contributed by atoms with Crippen LogP contribution < -0.4 is 0 Å². The van der Waals surface area contributed by atoms with Crippen molar-refractivity contribution in [2.45, 2.75) is 20.0 Å². The van der Waals surface area contributed by atoms with Gasteiger partial charge in [-0.25, -0.2) is 4.79 Å². The molecular formula is C18H16O2. The zero-order valence-electron chi connectivity index (χ0n) is 11.6. The molecule has 0 spiro atoms. The fourth-order valence-corrected chi connectivity index (χ4v) is 2.62. The summed E-state index contributed by atoms with van der Waals surface area (Å²) in [5, 5.41) is 0. The van der Waals surface area contributed by atoms with Crippen LogP contribution in [-0.4, -0.2) is 5.97 Å². The number of hydrogen-bond acceptors (Lipinski definition) is 2. The van der Waals surface area contributed by atoms with Crippen LogP contribution in [0.3, 0.4) is 0 Å². The van der Waals surface area contributed by atoms with E-state index in [1.807, 2.05) is 50.2 Å². The standard InChI is InChI=1S/C18H16O2/c1-12(2)11-17(19)20-18-15-9-5-3-7-13(15)14-8-4-6-10-16(14)18/h3-11,18H,1-2H3. The van der Waals surface area contributed by atoms with E-state index in [0.29, 0.717) is 0 Å². The summed E-state index contributed by atoms with van der Waals surface area (Å²) < 4.78 is 5.66. The second kappa shape index (κ2) is 4.97. The Morgan fingerprint density at radius 2 is 1.45 bits per heavy atom. The molecule has 1 aliphatic rings. The molecular weight excluding hydrogens is 248 g/mol. The predicted octanol–water partition coefficient (Wildman–Crippen LogP) is 4.27. The fraction of sp³-hybridized carbons (Fsp3) is 0.167. The third-order valence-electron chi connectivity index (χ3n) is 3.42. The molecule has 0 N–H and O–H groups in total. The molecule has 0 atom stereocenters. The van der Waals surface area contributed by atoms with Gasteiger partial charge in [0.25, 0.3) is 0 Å². The summed E-state index contributed by atoms with van der Waals surface area (Å²) in [5.41, 5.74) is 5.36. The number of fused-ring (bicyclic) bond motifs is 3. The molecule has 0 bridgehead atoms. The Bertz CT molecular complexity index is 649. The second-order valence-corrected chi connectivity index (χ2v) is 5.21. The lowest BCUT2D eigenvalue weighted by molar-refractivity contribution is -0.141. The maximum Gasteiger partial charge on any atom is 0.331 e. The Morgan fingerprint density at radius 1 is 0.950 bits per heavy atom. The number of rotatable bonds is 2. The highest BCUT2D eigenvalue weighted by molar-refractivity contribution is 5.85. The molecule has 0 saturated heterocycles. The zero-order chi connectivity index (χ0) is 14.1. The molecule has 0 heterocycles. The Labute approximate surface area is 118 Å². The van der Waals surface area contributed by atoms with E-state index in [1.54, 1.807) is 0 Å². The molecule has 0 saturated carbocycles. The first-order chi connectivity index (χ1) is 9.66. The molecule has 100 valence electrons. The van der Waals surface area contributed by atoms with Gasteiger partial charge < -0.3 is 4.74 Å². The van der Waals surface area contributed by atoms with E-state index < -0.39 is 0 Å². The number of carbonyl (C=O) groups excluding carboxylic acids is 1. The lowest BCUT2D eigenvalue weighted by Gasteiger charge is -2.13. The molecule has 2 nitrogen and oxygen atoms in total. The molecule has 0 unspecified atom stereocenters. The highest BCUT2D eigenvalue weighted by atomic mass is 16.5. The van der Waals surface area contributed by atoms with Gasteiger partial charge in [0.2, 0.25) is 0 Å². The van der Waals surface area contributed by atoms with Gasteiger partial charge in [0.05, 0.1) is 0 Å². The van der Waals surface area contributed by atoms with Crippen molar-refractivity contribution < 1.29 is 9.53 Å². The van der Waals surface area contributed by atoms with E-state index in [0.717, 1.165) is 27.8 Å². The molecule has 0 aliphatic heterocycles. The van der Waals surface area contributed by atoms with Gasteiger partial charge in [-0.2, -0.15) is 0 Å². The van der Waals surface area contributed by atoms with Crippen molar-refractivity contribution >= 4 is 5.97 Å². The minimum Gasteiger partial charge on any atom is -0.449 e. The van der Waals surface area contributed by atoms with Crippen LogP contribution in [0.5, 0.6) is 0 Å². The largest absolute Gasteiger partial charge is 0.449 e. The van der Waals surface area contributed by atoms with Crippen molar-refractivity contribution in [2.24, 2.45) is 0 Å². The smallest absolute Gasteiger partial charge is 0.331 e. The van der Waals surface area contributed by atoms with Crippen LogP contribution in [0.15, 0.2) is 60.2 Å². The van der Waals surface area contributed by atoms with Gasteiger partial charge in [-0.15, -0.1) is 0 Å². The number of ether oxygens (including phenoxy) is 1. The molecule has 0 aromatic heterocycles. The van der Waals surface area contributed by atoms with Gasteiger partial charge in [0.15, 0.2) is 6.10 Å². The first-order valence-corrected chi connectivity index (χ1v) is 6.70. The van der Waals surface area contributed by atoms with Gasteiger partial charge >= 0.3 is 5.97 Å². The predicted molar refractivity (Wildman–Crippen MR) is 79.2 cm³/mol. The average Bonchev–Trinajstić information content (AvgIpc) is 2.73. The van der Waals surface area contributed by atoms with Crippen LogP contribution >= 0.6 is 0 Å². The normalized spacial score (nSPS) is 12.5. The highest BCUT2D eigenvalue weighted by Crippen LogP contribution is 2.45. The van der Waals surface area contributed by atoms with Crippen molar-refractivity contribution in [2.75, 3.05) is 0 Å². The number of hydrogen-bond donors (Lipinski definition) is 0. The molecule has 1 aliphatic carbocycles. The lowest BCUT2D eigenvalue weighted by atomic mass is 10.1. The van der Waals surface area contributed by atoms with Gasteiger partial charge in [-0.05, 0) is 25.0 Å². The molecule has 0 radical (unpaired) electrons. The maximum absolute atomic E-state index is 11.9. The Kier molecular flexibility index (Phi) is 3.15. The minimum atomic E-state index is -0.300. The molecule has 2 heteroatoms. The Balaban J connectivity index is 2.03. The van der Waals surface area contributed by atoms with Crippen molar-refractivity contribution in [3.63, 3.8) is 0 Å². The quantitative estimate of drug-likeness (QED) is 0.598. The van der Waals surface area contributed by atoms with E-state index in [1.165, 1.54) is 6.08 Å². The van der Waals surface area contributed by atoms with Crippen LogP contribution in [0.2, 0.25) is 0 Å². The van der Waals surface area contributed by atoms with E-state index in [9.17, 15) is 4.79 Å². The summed E-state index contributed by atoms with van der Waals surface area (Å²) in [6.07, 6.45) is 1.23. The lowest BCUT2D eigenvalue weighted by Crippen LogP contribution is -2.08. The van der Waals surface area contributed by atoms with Gasteiger partial charge in [0, 0.05) is 17.2 Å². The molecule has 20 heavy (non-hydrogen) atoms. The number of carbonyl (C=O) groups is 1. The summed E-state index contributed by atoms with van der Waals surface area (Å²) in [6, 6.07) is 16.2.